The minimum absolute atomic E-state index is 0.268. The van der Waals surface area contributed by atoms with E-state index in [9.17, 15) is 4.79 Å². The number of anilines is 1. The number of hydrogen-bond acceptors (Lipinski definition) is 8. The van der Waals surface area contributed by atoms with Gasteiger partial charge >= 0.3 is 13.1 Å². The van der Waals surface area contributed by atoms with Gasteiger partial charge in [-0.05, 0) is 60.8 Å². The van der Waals surface area contributed by atoms with E-state index in [1.165, 1.54) is 11.8 Å². The highest BCUT2D eigenvalue weighted by molar-refractivity contribution is 8.01. The van der Waals surface area contributed by atoms with Crippen molar-refractivity contribution in [3.05, 3.63) is 52.7 Å². The monoisotopic (exact) mass is 469 g/mol. The Morgan fingerprint density at radius 1 is 1.36 bits per heavy atom. The smallest absolute Gasteiger partial charge is 0.451 e. The number of nitrogens with zero attached hydrogens (tertiary/aromatic N) is 2. The molecule has 0 bridgehead atoms. The molecular formula is C22H28BN5O4S. The first kappa shape index (κ1) is 24.6. The van der Waals surface area contributed by atoms with Crippen LogP contribution in [0, 0.1) is 0 Å². The first-order chi connectivity index (χ1) is 16.0. The summed E-state index contributed by atoms with van der Waals surface area (Å²) < 4.78 is 7.95. The summed E-state index contributed by atoms with van der Waals surface area (Å²) in [7, 11) is 0.256. The number of pyridine rings is 1. The molecule has 11 heteroatoms. The van der Waals surface area contributed by atoms with E-state index in [-0.39, 0.29) is 12.4 Å². The van der Waals surface area contributed by atoms with Gasteiger partial charge in [-0.1, -0.05) is 12.1 Å². The largest absolute Gasteiger partial charge is 0.481 e. The molecule has 174 valence electrons. The Balaban J connectivity index is 1.65. The summed E-state index contributed by atoms with van der Waals surface area (Å²) in [6, 6.07) is 7.48. The number of hydrogen-bond donors (Lipinski definition) is 5. The number of fused-ring (bicyclic) bond motifs is 1. The lowest BCUT2D eigenvalue weighted by molar-refractivity contribution is 0.257. The van der Waals surface area contributed by atoms with E-state index in [1.807, 2.05) is 18.2 Å². The number of benzene rings is 1. The van der Waals surface area contributed by atoms with Gasteiger partial charge in [0.25, 0.3) is 0 Å². The highest BCUT2D eigenvalue weighted by Gasteiger charge is 2.20. The lowest BCUT2D eigenvalue weighted by atomic mass is 9.85. The molecule has 0 aliphatic heterocycles. The summed E-state index contributed by atoms with van der Waals surface area (Å²) in [6.45, 7) is 0.460. The minimum atomic E-state index is -1.31. The second-order valence-corrected chi connectivity index (χ2v) is 8.35. The predicted octanol–water partition coefficient (Wildman–Crippen LogP) is 2.75. The predicted molar refractivity (Wildman–Crippen MR) is 133 cm³/mol. The number of aryl methyl sites for hydroxylation is 1. The highest BCUT2D eigenvalue weighted by atomic mass is 32.2. The summed E-state index contributed by atoms with van der Waals surface area (Å²) in [5.74, 6) is 0.506. The lowest BCUT2D eigenvalue weighted by Crippen LogP contribution is -2.25. The average molecular weight is 469 g/mol. The van der Waals surface area contributed by atoms with Crippen LogP contribution in [0.4, 0.5) is 10.5 Å². The van der Waals surface area contributed by atoms with Crippen LogP contribution in [-0.2, 0) is 12.8 Å². The lowest BCUT2D eigenvalue weighted by Gasteiger charge is -2.17. The molecule has 33 heavy (non-hydrogen) atoms. The Kier molecular flexibility index (Phi) is 9.17. The summed E-state index contributed by atoms with van der Waals surface area (Å²) in [4.78, 5) is 20.9. The number of nitrogens with two attached hydrogens (primary N) is 1. The molecule has 3 rings (SSSR count). The maximum atomic E-state index is 12.7. The molecule has 1 aliphatic carbocycles. The molecule has 0 saturated carbocycles. The number of amides is 2. The zero-order valence-electron chi connectivity index (χ0n) is 18.5. The topological polar surface area (TPSA) is 142 Å². The van der Waals surface area contributed by atoms with Crippen LogP contribution in [0.2, 0.25) is 6.32 Å². The molecule has 0 spiro atoms. The Hall–Kier alpha value is -3.02. The minimum Gasteiger partial charge on any atom is -0.481 e. The molecule has 6 N–H and O–H groups in total. The van der Waals surface area contributed by atoms with E-state index in [0.717, 1.165) is 53.6 Å². The van der Waals surface area contributed by atoms with Crippen LogP contribution in [0.25, 0.3) is 11.1 Å². The Labute approximate surface area is 197 Å². The van der Waals surface area contributed by atoms with E-state index in [4.69, 9.17) is 20.5 Å². The van der Waals surface area contributed by atoms with Crippen LogP contribution in [-0.4, -0.2) is 48.1 Å². The first-order valence-corrected chi connectivity index (χ1v) is 11.5. The summed E-state index contributed by atoms with van der Waals surface area (Å²) in [5.41, 5.74) is 10.9. The van der Waals surface area contributed by atoms with Crippen molar-refractivity contribution < 1.29 is 19.6 Å². The zero-order valence-corrected chi connectivity index (χ0v) is 19.3. The van der Waals surface area contributed by atoms with Crippen molar-refractivity contribution in [3.8, 4) is 17.0 Å². The normalized spacial score (nSPS) is 13.1. The molecule has 2 aromatic rings. The zero-order chi connectivity index (χ0) is 23.6. The van der Waals surface area contributed by atoms with Gasteiger partial charge in [-0.25, -0.2) is 9.78 Å². The molecule has 0 unspecified atom stereocenters. The second kappa shape index (κ2) is 12.3. The maximum absolute atomic E-state index is 12.7. The van der Waals surface area contributed by atoms with Gasteiger partial charge in [-0.15, -0.1) is 0 Å². The number of aliphatic imine (C=N–C) groups is 1. The fraction of sp³-hybridized carbons (Fsp3) is 0.318. The van der Waals surface area contributed by atoms with Crippen LogP contribution in [0.5, 0.6) is 5.88 Å². The van der Waals surface area contributed by atoms with Crippen molar-refractivity contribution in [3.63, 3.8) is 0 Å². The number of urea groups is 1. The van der Waals surface area contributed by atoms with E-state index in [0.29, 0.717) is 23.9 Å². The third-order valence-corrected chi connectivity index (χ3v) is 5.79. The van der Waals surface area contributed by atoms with Crippen LogP contribution in [0.3, 0.4) is 0 Å². The van der Waals surface area contributed by atoms with E-state index in [2.05, 4.69) is 26.1 Å². The van der Waals surface area contributed by atoms with Gasteiger partial charge in [-0.2, -0.15) is 0 Å². The van der Waals surface area contributed by atoms with Crippen molar-refractivity contribution in [1.29, 1.82) is 0 Å². The van der Waals surface area contributed by atoms with Crippen molar-refractivity contribution in [2.75, 3.05) is 19.0 Å². The van der Waals surface area contributed by atoms with Crippen molar-refractivity contribution >= 4 is 37.0 Å². The second-order valence-electron chi connectivity index (χ2n) is 7.47. The summed E-state index contributed by atoms with van der Waals surface area (Å²) in [5, 5.41) is 21.0. The standard InChI is InChI=1S/C22H28BN5O4S/c1-32-20-14-16(8-13-26-20)18-7-6-15-4-2-5-17(15)21(18)27-22(29)28-33-19(24)9-12-25-11-3-10-23(30)31/h6-9,12-14,30-31H,2-5,10-11,24H2,1H3,(H2,27,28,29)/b19-9+,25-12?. The fourth-order valence-electron chi connectivity index (χ4n) is 3.58. The third kappa shape index (κ3) is 7.24. The van der Waals surface area contributed by atoms with Crippen LogP contribution < -0.4 is 20.5 Å². The van der Waals surface area contributed by atoms with Gasteiger partial charge in [0.05, 0.1) is 17.8 Å². The van der Waals surface area contributed by atoms with Crippen molar-refractivity contribution in [2.24, 2.45) is 10.7 Å². The number of aromatic nitrogens is 1. The molecule has 0 saturated heterocycles. The molecule has 0 atom stereocenters. The number of allylic oxidation sites excluding steroid dienone is 1. The average Bonchev–Trinajstić information content (AvgIpc) is 3.29. The van der Waals surface area contributed by atoms with Crippen LogP contribution in [0.1, 0.15) is 24.0 Å². The Bertz CT molecular complexity index is 1030. The summed E-state index contributed by atoms with van der Waals surface area (Å²) >= 11 is 0.989. The van der Waals surface area contributed by atoms with E-state index in [1.54, 1.807) is 19.4 Å². The fourth-order valence-corrected chi connectivity index (χ4v) is 3.97. The molecule has 9 nitrogen and oxygen atoms in total. The number of rotatable bonds is 10. The molecule has 1 aliphatic rings. The Morgan fingerprint density at radius 2 is 2.21 bits per heavy atom. The summed E-state index contributed by atoms with van der Waals surface area (Å²) in [6.07, 6.45) is 8.57. The molecule has 1 aromatic heterocycles. The molecule has 0 radical (unpaired) electrons. The van der Waals surface area contributed by atoms with Gasteiger partial charge in [0.2, 0.25) is 5.88 Å². The van der Waals surface area contributed by atoms with Gasteiger partial charge in [0, 0.05) is 42.5 Å². The van der Waals surface area contributed by atoms with Crippen molar-refractivity contribution in [1.82, 2.24) is 9.71 Å². The maximum Gasteiger partial charge on any atom is 0.451 e. The van der Waals surface area contributed by atoms with Gasteiger partial charge in [0.1, 0.15) is 0 Å². The van der Waals surface area contributed by atoms with E-state index < -0.39 is 7.12 Å². The van der Waals surface area contributed by atoms with Crippen molar-refractivity contribution in [2.45, 2.75) is 32.0 Å². The van der Waals surface area contributed by atoms with Gasteiger partial charge < -0.3 is 25.8 Å². The Morgan fingerprint density at radius 3 is 3.00 bits per heavy atom. The van der Waals surface area contributed by atoms with Crippen LogP contribution >= 0.6 is 11.9 Å². The molecule has 2 amide bonds. The molecular weight excluding hydrogens is 441 g/mol. The van der Waals surface area contributed by atoms with Gasteiger partial charge in [0.15, 0.2) is 0 Å². The number of carbonyl (C=O) groups is 1. The third-order valence-electron chi connectivity index (χ3n) is 5.13. The SMILES string of the molecule is COc1cc(-c2ccc3c(c2NC(=O)NS/C(N)=C/C=NCCCB(O)O)CCC3)ccn1. The molecule has 0 fully saturated rings. The van der Waals surface area contributed by atoms with Crippen LogP contribution in [0.15, 0.2) is 46.6 Å². The first-order valence-electron chi connectivity index (χ1n) is 10.7. The molecule has 1 aromatic carbocycles. The molecule has 1 heterocycles. The number of methoxy groups -OCH3 is 1. The highest BCUT2D eigenvalue weighted by Crippen LogP contribution is 2.38. The quantitative estimate of drug-likeness (QED) is 0.156. The van der Waals surface area contributed by atoms with E-state index >= 15 is 0 Å². The van der Waals surface area contributed by atoms with Gasteiger partial charge in [-0.3, -0.25) is 9.71 Å². The number of ether oxygens (including phenoxy) is 1. The number of nitrogens with one attached hydrogen (secondary N) is 2. The number of carbonyl (C=O) groups excluding carboxylic acids is 1.